The van der Waals surface area contributed by atoms with Gasteiger partial charge in [-0.25, -0.2) is 0 Å². The fraction of sp³-hybridized carbons (Fsp3) is 0.667. The first-order chi connectivity index (χ1) is 11.9. The van der Waals surface area contributed by atoms with Crippen molar-refractivity contribution in [3.8, 4) is 5.75 Å². The summed E-state index contributed by atoms with van der Waals surface area (Å²) in [6.07, 6.45) is 4.93. The highest BCUT2D eigenvalue weighted by molar-refractivity contribution is 5.97. The van der Waals surface area contributed by atoms with Gasteiger partial charge < -0.3 is 14.8 Å². The van der Waals surface area contributed by atoms with Gasteiger partial charge in [0, 0.05) is 12.3 Å². The summed E-state index contributed by atoms with van der Waals surface area (Å²) in [6, 6.07) is 3.93. The predicted octanol–water partition coefficient (Wildman–Crippen LogP) is 5.41. The first-order valence-electron chi connectivity index (χ1n) is 9.57. The molecule has 0 aromatic heterocycles. The Bertz CT molecular complexity index is 533. The van der Waals surface area contributed by atoms with Crippen LogP contribution in [0.2, 0.25) is 0 Å². The normalized spacial score (nSPS) is 13.4. The summed E-state index contributed by atoms with van der Waals surface area (Å²) >= 11 is 0. The highest BCUT2D eigenvalue weighted by Gasteiger charge is 2.33. The Labute approximate surface area is 153 Å². The van der Waals surface area contributed by atoms with E-state index in [1.54, 1.807) is 0 Å². The van der Waals surface area contributed by atoms with Gasteiger partial charge in [0.05, 0.1) is 6.61 Å². The molecule has 0 radical (unpaired) electrons. The molecule has 0 aliphatic carbocycles. The average molecular weight is 350 g/mol. The van der Waals surface area contributed by atoms with Gasteiger partial charge in [0.1, 0.15) is 11.4 Å². The number of hydrogen-bond acceptors (Lipinski definition) is 3. The molecule has 25 heavy (non-hydrogen) atoms. The van der Waals surface area contributed by atoms with Gasteiger partial charge in [0.2, 0.25) is 0 Å². The molecule has 1 aromatic carbocycles. The third kappa shape index (κ3) is 6.35. The molecule has 0 spiro atoms. The topological polar surface area (TPSA) is 47.6 Å². The van der Waals surface area contributed by atoms with Crippen LogP contribution in [0, 0.1) is 13.8 Å². The molecule has 0 aliphatic heterocycles. The van der Waals surface area contributed by atoms with E-state index in [0.29, 0.717) is 13.2 Å². The molecule has 0 saturated carbocycles. The zero-order chi connectivity index (χ0) is 18.9. The van der Waals surface area contributed by atoms with Crippen molar-refractivity contribution in [1.29, 1.82) is 0 Å². The Hall–Kier alpha value is -1.55. The molecule has 1 aromatic rings. The van der Waals surface area contributed by atoms with Gasteiger partial charge in [0.25, 0.3) is 5.91 Å². The van der Waals surface area contributed by atoms with E-state index < -0.39 is 5.60 Å². The van der Waals surface area contributed by atoms with Crippen LogP contribution in [-0.4, -0.2) is 24.7 Å². The second-order valence-electron chi connectivity index (χ2n) is 6.86. The minimum absolute atomic E-state index is 0.0773. The fourth-order valence-electron chi connectivity index (χ4n) is 3.00. The maximum absolute atomic E-state index is 12.8. The van der Waals surface area contributed by atoms with E-state index >= 15 is 0 Å². The molecular formula is C21H35NO3. The Morgan fingerprint density at radius 3 is 2.24 bits per heavy atom. The number of amides is 1. The molecule has 1 N–H and O–H groups in total. The molecule has 0 bridgehead atoms. The third-order valence-electron chi connectivity index (χ3n) is 4.37. The van der Waals surface area contributed by atoms with Crippen LogP contribution in [0.1, 0.15) is 70.9 Å². The van der Waals surface area contributed by atoms with Crippen molar-refractivity contribution in [2.24, 2.45) is 0 Å². The molecule has 4 heteroatoms. The summed E-state index contributed by atoms with van der Waals surface area (Å²) < 4.78 is 11.6. The molecule has 1 amide bonds. The number of ether oxygens (including phenoxy) is 2. The maximum atomic E-state index is 12.8. The molecule has 0 fully saturated rings. The first kappa shape index (κ1) is 21.5. The van der Waals surface area contributed by atoms with Crippen molar-refractivity contribution < 1.29 is 14.3 Å². The van der Waals surface area contributed by atoms with Crippen molar-refractivity contribution in [3.05, 3.63) is 23.3 Å². The summed E-state index contributed by atoms with van der Waals surface area (Å²) in [5.74, 6) is 0.835. The maximum Gasteiger partial charge on any atom is 0.256 e. The zero-order valence-electron chi connectivity index (χ0n) is 16.8. The Balaban J connectivity index is 2.89. The SMILES string of the molecule is CCCCC[C@@](C)(OCC)C(=O)Nc1cc(C)c(OCCC)c(C)c1. The highest BCUT2D eigenvalue weighted by Crippen LogP contribution is 2.29. The van der Waals surface area contributed by atoms with E-state index in [-0.39, 0.29) is 5.91 Å². The standard InChI is InChI=1S/C21H35NO3/c1-7-10-11-12-21(6,25-9-3)20(23)22-18-14-16(4)19(17(5)15-18)24-13-8-2/h14-15H,7-13H2,1-6H3,(H,22,23)/t21-/m1/s1. The van der Waals surface area contributed by atoms with Crippen molar-refractivity contribution in [2.45, 2.75) is 79.2 Å². The quantitative estimate of drug-likeness (QED) is 0.544. The second kappa shape index (κ2) is 10.4. The minimum Gasteiger partial charge on any atom is -0.493 e. The molecular weight excluding hydrogens is 314 g/mol. The number of unbranched alkanes of at least 4 members (excludes halogenated alkanes) is 2. The van der Waals surface area contributed by atoms with Gasteiger partial charge >= 0.3 is 0 Å². The summed E-state index contributed by atoms with van der Waals surface area (Å²) in [6.45, 7) is 13.3. The molecule has 0 saturated heterocycles. The van der Waals surface area contributed by atoms with Crippen LogP contribution < -0.4 is 10.1 Å². The number of anilines is 1. The second-order valence-corrected chi connectivity index (χ2v) is 6.86. The molecule has 0 heterocycles. The van der Waals surface area contributed by atoms with Crippen molar-refractivity contribution in [1.82, 2.24) is 0 Å². The number of rotatable bonds is 11. The largest absolute Gasteiger partial charge is 0.493 e. The minimum atomic E-state index is -0.789. The van der Waals surface area contributed by atoms with E-state index in [1.807, 2.05) is 39.8 Å². The monoisotopic (exact) mass is 349 g/mol. The van der Waals surface area contributed by atoms with Crippen LogP contribution in [0.4, 0.5) is 5.69 Å². The number of nitrogens with one attached hydrogen (secondary N) is 1. The Morgan fingerprint density at radius 1 is 1.08 bits per heavy atom. The number of hydrogen-bond donors (Lipinski definition) is 1. The van der Waals surface area contributed by atoms with E-state index in [4.69, 9.17) is 9.47 Å². The number of aryl methyl sites for hydroxylation is 2. The van der Waals surface area contributed by atoms with Gasteiger partial charge in [-0.15, -0.1) is 0 Å². The first-order valence-corrected chi connectivity index (χ1v) is 9.57. The lowest BCUT2D eigenvalue weighted by Gasteiger charge is -2.28. The lowest BCUT2D eigenvalue weighted by molar-refractivity contribution is -0.139. The van der Waals surface area contributed by atoms with Gasteiger partial charge in [-0.3, -0.25) is 4.79 Å². The van der Waals surface area contributed by atoms with E-state index in [2.05, 4.69) is 19.2 Å². The summed E-state index contributed by atoms with van der Waals surface area (Å²) in [5, 5.41) is 3.04. The van der Waals surface area contributed by atoms with E-state index in [9.17, 15) is 4.79 Å². The lowest BCUT2D eigenvalue weighted by atomic mass is 9.96. The lowest BCUT2D eigenvalue weighted by Crippen LogP contribution is -2.42. The Kier molecular flexibility index (Phi) is 8.98. The predicted molar refractivity (Wildman–Crippen MR) is 105 cm³/mol. The molecule has 1 rings (SSSR count). The van der Waals surface area contributed by atoms with Gasteiger partial charge in [0.15, 0.2) is 0 Å². The number of carbonyl (C=O) groups is 1. The van der Waals surface area contributed by atoms with Crippen molar-refractivity contribution in [2.75, 3.05) is 18.5 Å². The number of carbonyl (C=O) groups excluding carboxylic acids is 1. The summed E-state index contributed by atoms with van der Waals surface area (Å²) in [7, 11) is 0. The van der Waals surface area contributed by atoms with Gasteiger partial charge in [-0.05, 0) is 63.8 Å². The highest BCUT2D eigenvalue weighted by atomic mass is 16.5. The summed E-state index contributed by atoms with van der Waals surface area (Å²) in [5.41, 5.74) is 2.08. The number of benzene rings is 1. The van der Waals surface area contributed by atoms with E-state index in [1.165, 1.54) is 0 Å². The van der Waals surface area contributed by atoms with Crippen LogP contribution in [0.25, 0.3) is 0 Å². The average Bonchev–Trinajstić information content (AvgIpc) is 2.54. The Morgan fingerprint density at radius 2 is 1.72 bits per heavy atom. The van der Waals surface area contributed by atoms with Crippen molar-refractivity contribution >= 4 is 11.6 Å². The van der Waals surface area contributed by atoms with Crippen LogP contribution in [-0.2, 0) is 9.53 Å². The van der Waals surface area contributed by atoms with Gasteiger partial charge in [-0.2, -0.15) is 0 Å². The van der Waals surface area contributed by atoms with Crippen molar-refractivity contribution in [3.63, 3.8) is 0 Å². The van der Waals surface area contributed by atoms with Crippen LogP contribution in [0.5, 0.6) is 5.75 Å². The smallest absolute Gasteiger partial charge is 0.256 e. The van der Waals surface area contributed by atoms with Crippen LogP contribution >= 0.6 is 0 Å². The van der Waals surface area contributed by atoms with Crippen LogP contribution in [0.15, 0.2) is 12.1 Å². The van der Waals surface area contributed by atoms with E-state index in [0.717, 1.165) is 54.7 Å². The molecule has 0 aliphatic rings. The molecule has 0 unspecified atom stereocenters. The summed E-state index contributed by atoms with van der Waals surface area (Å²) in [4.78, 5) is 12.8. The molecule has 1 atom stereocenters. The van der Waals surface area contributed by atoms with Crippen LogP contribution in [0.3, 0.4) is 0 Å². The molecule has 4 nitrogen and oxygen atoms in total. The van der Waals surface area contributed by atoms with Gasteiger partial charge in [-0.1, -0.05) is 33.1 Å². The molecule has 142 valence electrons. The zero-order valence-corrected chi connectivity index (χ0v) is 16.8. The third-order valence-corrected chi connectivity index (χ3v) is 4.37. The fourth-order valence-corrected chi connectivity index (χ4v) is 3.00.